The number of anilines is 1. The van der Waals surface area contributed by atoms with Gasteiger partial charge in [0.25, 0.3) is 5.92 Å². The number of carboxylic acid groups (broad SMARTS) is 1. The lowest BCUT2D eigenvalue weighted by Crippen LogP contribution is -2.58. The fraction of sp³-hybridized carbons (Fsp3) is 0.455. The fourth-order valence-electron chi connectivity index (χ4n) is 2.21. The standard InChI is InChI=1S/C11H12F2N4O4/c12-11(13)2-4-16(6-9(11)15-10(18)19)7-1-3-14-5-8(7)17(20)21/h1,3,5,9,15H,2,4,6H2,(H,18,19). The Labute approximate surface area is 117 Å². The number of carbonyl (C=O) groups is 1. The fourth-order valence-corrected chi connectivity index (χ4v) is 2.21. The number of rotatable bonds is 3. The smallest absolute Gasteiger partial charge is 0.405 e. The van der Waals surface area contributed by atoms with Gasteiger partial charge in [-0.2, -0.15) is 0 Å². The van der Waals surface area contributed by atoms with E-state index in [1.165, 1.54) is 17.2 Å². The molecule has 2 heterocycles. The summed E-state index contributed by atoms with van der Waals surface area (Å²) in [5.41, 5.74) is -0.167. The Kier molecular flexibility index (Phi) is 3.87. The third-order valence-electron chi connectivity index (χ3n) is 3.24. The molecule has 0 aliphatic carbocycles. The Bertz CT molecular complexity index is 569. The lowest BCUT2D eigenvalue weighted by molar-refractivity contribution is -0.384. The van der Waals surface area contributed by atoms with E-state index in [-0.39, 0.29) is 24.5 Å². The van der Waals surface area contributed by atoms with Crippen LogP contribution >= 0.6 is 0 Å². The Hall–Kier alpha value is -2.52. The van der Waals surface area contributed by atoms with Crippen molar-refractivity contribution >= 4 is 17.5 Å². The first-order valence-electron chi connectivity index (χ1n) is 6.02. The molecule has 0 radical (unpaired) electrons. The molecule has 0 saturated carbocycles. The van der Waals surface area contributed by atoms with E-state index in [4.69, 9.17) is 5.11 Å². The van der Waals surface area contributed by atoms with Gasteiger partial charge in [0.1, 0.15) is 17.9 Å². The number of halogens is 2. The number of nitrogens with one attached hydrogen (secondary N) is 1. The molecule has 1 aliphatic rings. The first-order chi connectivity index (χ1) is 9.81. The van der Waals surface area contributed by atoms with Crippen molar-refractivity contribution in [1.82, 2.24) is 10.3 Å². The molecule has 2 N–H and O–H groups in total. The number of amides is 1. The summed E-state index contributed by atoms with van der Waals surface area (Å²) < 4.78 is 27.4. The Morgan fingerprint density at radius 3 is 2.95 bits per heavy atom. The molecule has 8 nitrogen and oxygen atoms in total. The molecule has 1 atom stereocenters. The Balaban J connectivity index is 2.26. The van der Waals surface area contributed by atoms with Gasteiger partial charge >= 0.3 is 11.8 Å². The number of aromatic nitrogens is 1. The van der Waals surface area contributed by atoms with Gasteiger partial charge in [0, 0.05) is 25.7 Å². The summed E-state index contributed by atoms with van der Waals surface area (Å²) in [6, 6.07) is -0.282. The summed E-state index contributed by atoms with van der Waals surface area (Å²) in [4.78, 5) is 25.9. The second kappa shape index (κ2) is 5.46. The summed E-state index contributed by atoms with van der Waals surface area (Å²) in [7, 11) is 0. The molecule has 1 aromatic heterocycles. The highest BCUT2D eigenvalue weighted by Gasteiger charge is 2.45. The van der Waals surface area contributed by atoms with Gasteiger partial charge in [-0.15, -0.1) is 0 Å². The molecule has 1 amide bonds. The summed E-state index contributed by atoms with van der Waals surface area (Å²) in [6.07, 6.45) is 0.180. The van der Waals surface area contributed by atoms with Crippen LogP contribution in [0.5, 0.6) is 0 Å². The number of alkyl halides is 2. The maximum Gasteiger partial charge on any atom is 0.405 e. The van der Waals surface area contributed by atoms with Crippen molar-refractivity contribution in [2.24, 2.45) is 0 Å². The van der Waals surface area contributed by atoms with Crippen LogP contribution in [0.15, 0.2) is 18.5 Å². The highest BCUT2D eigenvalue weighted by atomic mass is 19.3. The summed E-state index contributed by atoms with van der Waals surface area (Å²) in [5, 5.41) is 21.3. The maximum absolute atomic E-state index is 13.7. The van der Waals surface area contributed by atoms with E-state index < -0.39 is 29.4 Å². The molecular formula is C11H12F2N4O4. The second-order valence-corrected chi connectivity index (χ2v) is 4.58. The van der Waals surface area contributed by atoms with Crippen molar-refractivity contribution in [3.05, 3.63) is 28.6 Å². The van der Waals surface area contributed by atoms with Crippen LogP contribution in [0.2, 0.25) is 0 Å². The van der Waals surface area contributed by atoms with Gasteiger partial charge in [0.15, 0.2) is 0 Å². The van der Waals surface area contributed by atoms with Gasteiger partial charge in [-0.1, -0.05) is 0 Å². The van der Waals surface area contributed by atoms with Crippen LogP contribution in [-0.2, 0) is 0 Å². The van der Waals surface area contributed by atoms with E-state index in [0.717, 1.165) is 6.20 Å². The zero-order valence-corrected chi connectivity index (χ0v) is 10.7. The summed E-state index contributed by atoms with van der Waals surface area (Å²) in [6.45, 7) is -0.472. The molecule has 1 aliphatic heterocycles. The maximum atomic E-state index is 13.7. The minimum Gasteiger partial charge on any atom is -0.465 e. The van der Waals surface area contributed by atoms with Crippen molar-refractivity contribution in [2.75, 3.05) is 18.0 Å². The lowest BCUT2D eigenvalue weighted by atomic mass is 10.0. The van der Waals surface area contributed by atoms with Gasteiger partial charge in [-0.05, 0) is 6.07 Å². The molecule has 1 aromatic rings. The molecule has 0 bridgehead atoms. The number of nitrogens with zero attached hydrogens (tertiary/aromatic N) is 3. The molecule has 2 rings (SSSR count). The normalized spacial score (nSPS) is 20.9. The second-order valence-electron chi connectivity index (χ2n) is 4.58. The molecule has 10 heteroatoms. The van der Waals surface area contributed by atoms with Crippen LogP contribution in [0, 0.1) is 10.1 Å². The number of hydrogen-bond donors (Lipinski definition) is 2. The minimum absolute atomic E-state index is 0.115. The van der Waals surface area contributed by atoms with Gasteiger partial charge in [0.05, 0.1) is 4.92 Å². The van der Waals surface area contributed by atoms with Crippen LogP contribution in [0.3, 0.4) is 0 Å². The van der Waals surface area contributed by atoms with Crippen molar-refractivity contribution in [3.8, 4) is 0 Å². The molecule has 1 saturated heterocycles. The number of piperidine rings is 1. The van der Waals surface area contributed by atoms with Crippen LogP contribution in [0.4, 0.5) is 25.0 Å². The van der Waals surface area contributed by atoms with Crippen LogP contribution in [0.25, 0.3) is 0 Å². The number of pyridine rings is 1. The highest BCUT2D eigenvalue weighted by molar-refractivity contribution is 5.66. The van der Waals surface area contributed by atoms with Crippen LogP contribution < -0.4 is 10.2 Å². The van der Waals surface area contributed by atoms with Crippen molar-refractivity contribution in [2.45, 2.75) is 18.4 Å². The lowest BCUT2D eigenvalue weighted by Gasteiger charge is -2.38. The first kappa shape index (κ1) is 14.9. The molecular weight excluding hydrogens is 290 g/mol. The zero-order chi connectivity index (χ0) is 15.6. The topological polar surface area (TPSA) is 109 Å². The van der Waals surface area contributed by atoms with Crippen LogP contribution in [0.1, 0.15) is 6.42 Å². The molecule has 21 heavy (non-hydrogen) atoms. The Morgan fingerprint density at radius 2 is 2.33 bits per heavy atom. The van der Waals surface area contributed by atoms with E-state index in [9.17, 15) is 23.7 Å². The molecule has 1 unspecified atom stereocenters. The van der Waals surface area contributed by atoms with E-state index >= 15 is 0 Å². The van der Waals surface area contributed by atoms with Gasteiger partial charge in [-0.25, -0.2) is 13.6 Å². The van der Waals surface area contributed by atoms with Gasteiger partial charge < -0.3 is 15.3 Å². The highest BCUT2D eigenvalue weighted by Crippen LogP contribution is 2.34. The molecule has 0 spiro atoms. The average Bonchev–Trinajstić information content (AvgIpc) is 2.40. The van der Waals surface area contributed by atoms with E-state index in [0.29, 0.717) is 0 Å². The van der Waals surface area contributed by atoms with Crippen molar-refractivity contribution < 1.29 is 23.6 Å². The van der Waals surface area contributed by atoms with E-state index in [1.54, 1.807) is 5.32 Å². The Morgan fingerprint density at radius 1 is 1.62 bits per heavy atom. The SMILES string of the molecule is O=C(O)NC1CN(c2ccncc2[N+](=O)[O-])CCC1(F)F. The van der Waals surface area contributed by atoms with Crippen molar-refractivity contribution in [3.63, 3.8) is 0 Å². The van der Waals surface area contributed by atoms with E-state index in [1.807, 2.05) is 0 Å². The van der Waals surface area contributed by atoms with Gasteiger partial charge in [-0.3, -0.25) is 15.1 Å². The average molecular weight is 302 g/mol. The quantitative estimate of drug-likeness (QED) is 0.646. The third kappa shape index (κ3) is 3.15. The molecule has 114 valence electrons. The third-order valence-corrected chi connectivity index (χ3v) is 3.24. The minimum atomic E-state index is -3.20. The number of nitro groups is 1. The van der Waals surface area contributed by atoms with Gasteiger partial charge in [0.2, 0.25) is 0 Å². The predicted molar refractivity (Wildman–Crippen MR) is 67.6 cm³/mol. The zero-order valence-electron chi connectivity index (χ0n) is 10.7. The predicted octanol–water partition coefficient (Wildman–Crippen LogP) is 1.47. The molecule has 1 fully saturated rings. The van der Waals surface area contributed by atoms with Crippen molar-refractivity contribution in [1.29, 1.82) is 0 Å². The van der Waals surface area contributed by atoms with Crippen LogP contribution in [-0.4, -0.2) is 46.2 Å². The van der Waals surface area contributed by atoms with E-state index in [2.05, 4.69) is 4.98 Å². The summed E-state index contributed by atoms with van der Waals surface area (Å²) >= 11 is 0. The first-order valence-corrected chi connectivity index (χ1v) is 6.02. The molecule has 0 aromatic carbocycles. The monoisotopic (exact) mass is 302 g/mol. The largest absolute Gasteiger partial charge is 0.465 e. The number of hydrogen-bond acceptors (Lipinski definition) is 5. The summed E-state index contributed by atoms with van der Waals surface area (Å²) in [5.74, 6) is -3.20.